The van der Waals surface area contributed by atoms with Crippen molar-refractivity contribution in [3.8, 4) is 0 Å². The zero-order valence-corrected chi connectivity index (χ0v) is 36.7. The molecule has 2 bridgehead atoms. The van der Waals surface area contributed by atoms with E-state index in [1.807, 2.05) is 42.3 Å². The Balaban J connectivity index is 0.710. The molecule has 5 amide bonds. The average molecular weight is 881 g/mol. The summed E-state index contributed by atoms with van der Waals surface area (Å²) in [6, 6.07) is 21.7. The van der Waals surface area contributed by atoms with Crippen LogP contribution in [0.2, 0.25) is 0 Å². The van der Waals surface area contributed by atoms with Crippen molar-refractivity contribution >= 4 is 58.7 Å². The minimum Gasteiger partial charge on any atom is -0.515 e. The predicted molar refractivity (Wildman–Crippen MR) is 245 cm³/mol. The van der Waals surface area contributed by atoms with Crippen LogP contribution in [0, 0.1) is 5.92 Å². The number of piperidine rings is 3. The van der Waals surface area contributed by atoms with E-state index in [1.165, 1.54) is 11.3 Å². The minimum absolute atomic E-state index is 0.00863. The number of aliphatic hydroxyl groups is 1. The van der Waals surface area contributed by atoms with Gasteiger partial charge in [-0.1, -0.05) is 36.4 Å². The van der Waals surface area contributed by atoms with E-state index in [2.05, 4.69) is 65.8 Å². The van der Waals surface area contributed by atoms with Gasteiger partial charge in [0.25, 0.3) is 11.8 Å². The number of likely N-dealkylation sites (tertiary alicyclic amines) is 2. The molecule has 0 saturated carbocycles. The first-order valence-corrected chi connectivity index (χ1v) is 23.0. The summed E-state index contributed by atoms with van der Waals surface area (Å²) in [6.45, 7) is 5.66. The monoisotopic (exact) mass is 880 g/mol. The summed E-state index contributed by atoms with van der Waals surface area (Å²) in [5.74, 6) is -1.38. The quantitative estimate of drug-likeness (QED) is 0.242. The van der Waals surface area contributed by atoms with Gasteiger partial charge in [-0.3, -0.25) is 44.5 Å². The van der Waals surface area contributed by atoms with Crippen molar-refractivity contribution in [1.82, 2.24) is 30.3 Å². The van der Waals surface area contributed by atoms with Crippen molar-refractivity contribution in [3.63, 3.8) is 0 Å². The smallest absolute Gasteiger partial charge is 0.262 e. The van der Waals surface area contributed by atoms with Gasteiger partial charge in [0.2, 0.25) is 17.7 Å². The number of nitrogens with one attached hydrogen (secondary N) is 2. The topological polar surface area (TPSA) is 187 Å². The molecule has 3 aromatic rings. The number of amides is 5. The van der Waals surface area contributed by atoms with E-state index in [4.69, 9.17) is 5.73 Å². The number of anilines is 2. The molecule has 7 heterocycles. The second kappa shape index (κ2) is 17.4. The molecule has 5 fully saturated rings. The zero-order chi connectivity index (χ0) is 44.9. The van der Waals surface area contributed by atoms with Crippen LogP contribution in [0.25, 0.3) is 12.0 Å². The molecule has 16 heteroatoms. The molecule has 0 spiro atoms. The summed E-state index contributed by atoms with van der Waals surface area (Å²) >= 11 is 0. The van der Waals surface area contributed by atoms with Crippen molar-refractivity contribution in [3.05, 3.63) is 106 Å². The van der Waals surface area contributed by atoms with Crippen LogP contribution >= 0.6 is 0 Å². The van der Waals surface area contributed by atoms with E-state index in [9.17, 15) is 29.1 Å². The van der Waals surface area contributed by atoms with Gasteiger partial charge in [0, 0.05) is 92.0 Å². The molecular weight excluding hydrogens is 825 g/mol. The van der Waals surface area contributed by atoms with Crippen LogP contribution in [0.15, 0.2) is 83.6 Å². The fourth-order valence-electron chi connectivity index (χ4n) is 11.2. The minimum atomic E-state index is -0.996. The molecule has 16 nitrogen and oxygen atoms in total. The highest BCUT2D eigenvalue weighted by molar-refractivity contribution is 6.23. The molecular formula is C49H56N10O6. The Hall–Kier alpha value is -6.68. The summed E-state index contributed by atoms with van der Waals surface area (Å²) in [6.07, 6.45) is 8.81. The molecule has 0 aliphatic carbocycles. The van der Waals surface area contributed by atoms with Gasteiger partial charge in [0.15, 0.2) is 5.84 Å². The Morgan fingerprint density at radius 1 is 0.831 bits per heavy atom. The van der Waals surface area contributed by atoms with Gasteiger partial charge in [0.1, 0.15) is 6.04 Å². The van der Waals surface area contributed by atoms with Gasteiger partial charge in [-0.2, -0.15) is 5.10 Å². The number of carbonyl (C=O) groups is 5. The van der Waals surface area contributed by atoms with E-state index < -0.39 is 29.7 Å². The Labute approximate surface area is 377 Å². The highest BCUT2D eigenvalue weighted by Gasteiger charge is 2.45. The number of fused-ring (bicyclic) bond motifs is 3. The maximum atomic E-state index is 13.9. The number of hydrogen-bond donors (Lipinski definition) is 4. The lowest BCUT2D eigenvalue weighted by atomic mass is 9.93. The molecule has 10 rings (SSSR count). The number of benzene rings is 3. The highest BCUT2D eigenvalue weighted by Crippen LogP contribution is 2.38. The van der Waals surface area contributed by atoms with Crippen molar-refractivity contribution in [2.24, 2.45) is 16.8 Å². The number of amidine groups is 1. The van der Waals surface area contributed by atoms with Crippen LogP contribution < -0.4 is 36.7 Å². The third-order valence-corrected chi connectivity index (χ3v) is 14.8. The van der Waals surface area contributed by atoms with E-state index in [0.29, 0.717) is 36.2 Å². The lowest BCUT2D eigenvalue weighted by molar-refractivity contribution is -0.138. The number of nitrogens with zero attached hydrogens (tertiary/aromatic N) is 7. The summed E-state index contributed by atoms with van der Waals surface area (Å²) in [5.41, 5.74) is 15.1. The third kappa shape index (κ3) is 7.97. The Morgan fingerprint density at radius 3 is 2.31 bits per heavy atom. The largest absolute Gasteiger partial charge is 0.515 e. The molecule has 0 aromatic heterocycles. The number of carbonyl (C=O) groups excluding carboxylic acids is 5. The van der Waals surface area contributed by atoms with Crippen molar-refractivity contribution in [1.29, 1.82) is 0 Å². The Bertz CT molecular complexity index is 2620. The maximum Gasteiger partial charge on any atom is 0.262 e. The summed E-state index contributed by atoms with van der Waals surface area (Å²) in [5, 5.41) is 18.1. The van der Waals surface area contributed by atoms with Crippen LogP contribution in [-0.2, 0) is 20.9 Å². The average Bonchev–Trinajstić information content (AvgIpc) is 3.74. The summed E-state index contributed by atoms with van der Waals surface area (Å²) in [7, 11) is 1.94. The van der Waals surface area contributed by atoms with Crippen LogP contribution in [0.5, 0.6) is 0 Å². The molecule has 0 radical (unpaired) electrons. The summed E-state index contributed by atoms with van der Waals surface area (Å²) in [4.78, 5) is 77.2. The van der Waals surface area contributed by atoms with Crippen LogP contribution in [-0.4, -0.2) is 131 Å². The zero-order valence-electron chi connectivity index (χ0n) is 36.7. The van der Waals surface area contributed by atoms with Gasteiger partial charge < -0.3 is 30.4 Å². The molecule has 3 aromatic carbocycles. The van der Waals surface area contributed by atoms with Crippen LogP contribution in [0.3, 0.4) is 0 Å². The van der Waals surface area contributed by atoms with Crippen LogP contribution in [0.4, 0.5) is 11.4 Å². The molecule has 7 aliphatic heterocycles. The summed E-state index contributed by atoms with van der Waals surface area (Å²) < 4.78 is 0. The lowest BCUT2D eigenvalue weighted by Crippen LogP contribution is -2.55. The molecule has 5 saturated heterocycles. The van der Waals surface area contributed by atoms with E-state index in [0.717, 1.165) is 105 Å². The standard InChI is InChI=1S/C49H56N10O6/c1-54(33-17-21-56(22-18-33)34-11-12-39-40(24-34)49(65)59(48(39)64)42-13-14-44(61)51-46(42)62)47(63)31-15-19-55(20-16-31)26-30-5-4-7-35(23-30)58-36-9-10-37(58)28-57(27-36)43-25-41(52-53-45(43)50)38-8-3-2-6-32(38)29-60/h2-8,11-12,23-25,29,31,33,36-37,42,52,60H,9-10,13-22,26-28H2,1H3,(H2,50,53)(H,51,61,62)/b32-29-,41-38-. The normalized spacial score (nSPS) is 25.4. The molecule has 338 valence electrons. The van der Waals surface area contributed by atoms with Crippen molar-refractivity contribution < 1.29 is 29.1 Å². The molecule has 3 unspecified atom stereocenters. The lowest BCUT2D eigenvalue weighted by Gasteiger charge is -2.44. The van der Waals surface area contributed by atoms with E-state index >= 15 is 0 Å². The number of rotatable bonds is 8. The van der Waals surface area contributed by atoms with Gasteiger partial charge in [0.05, 0.1) is 28.8 Å². The first-order chi connectivity index (χ1) is 31.5. The van der Waals surface area contributed by atoms with Gasteiger partial charge >= 0.3 is 0 Å². The van der Waals surface area contributed by atoms with Gasteiger partial charge in [-0.25, -0.2) is 0 Å². The number of nitrogens with two attached hydrogens (primary N) is 1. The number of piperazine rings is 1. The second-order valence-electron chi connectivity index (χ2n) is 18.5. The number of aliphatic hydroxyl groups excluding tert-OH is 1. The maximum absolute atomic E-state index is 13.9. The highest BCUT2D eigenvalue weighted by atomic mass is 16.2. The Morgan fingerprint density at radius 2 is 1.57 bits per heavy atom. The van der Waals surface area contributed by atoms with Gasteiger partial charge in [-0.15, -0.1) is 0 Å². The molecule has 65 heavy (non-hydrogen) atoms. The fraction of sp³-hybridized carbons (Fsp3) is 0.429. The van der Waals surface area contributed by atoms with Crippen molar-refractivity contribution in [2.45, 2.75) is 82.1 Å². The first-order valence-electron chi connectivity index (χ1n) is 23.0. The predicted octanol–water partition coefficient (Wildman–Crippen LogP) is 1.94. The molecule has 5 N–H and O–H groups in total. The van der Waals surface area contributed by atoms with Gasteiger partial charge in [-0.05, 0) is 100 Å². The van der Waals surface area contributed by atoms with Crippen molar-refractivity contribution in [2.75, 3.05) is 56.1 Å². The van der Waals surface area contributed by atoms with E-state index in [1.54, 1.807) is 12.1 Å². The molecule has 3 atom stereocenters. The van der Waals surface area contributed by atoms with Crippen LogP contribution in [0.1, 0.15) is 77.6 Å². The SMILES string of the molecule is CN(C(=O)C1CCN(Cc2cccc(N3C4CCC3CN(C3=C/C(=c5\cccc\c5=C\O)NN=C3N)C4)c2)CC1)C1CCN(c2ccc3c(c2)C(=O)N(C2CCC(=O)NC2=O)C3=O)CC1. The number of hydrogen-bond acceptors (Lipinski definition) is 13. The fourth-order valence-corrected chi connectivity index (χ4v) is 11.2. The van der Waals surface area contributed by atoms with E-state index in [-0.39, 0.29) is 41.8 Å². The molecule has 7 aliphatic rings. The number of imide groups is 2. The second-order valence-corrected chi connectivity index (χ2v) is 18.5. The first kappa shape index (κ1) is 42.3. The number of hydrazone groups is 1. The third-order valence-electron chi connectivity index (χ3n) is 14.8. The Kier molecular flexibility index (Phi) is 11.3.